The number of methoxy groups -OCH3 is 1. The van der Waals surface area contributed by atoms with Crippen LogP contribution in [-0.4, -0.2) is 70.2 Å². The van der Waals surface area contributed by atoms with Crippen molar-refractivity contribution in [2.75, 3.05) is 59.3 Å². The summed E-state index contributed by atoms with van der Waals surface area (Å²) in [5, 5.41) is 3.53. The molecule has 0 spiro atoms. The first-order chi connectivity index (χ1) is 14.1. The van der Waals surface area contributed by atoms with Gasteiger partial charge < -0.3 is 24.8 Å². The molecule has 0 atom stereocenters. The van der Waals surface area contributed by atoms with Crippen molar-refractivity contribution in [3.63, 3.8) is 0 Å². The molecule has 1 N–H and O–H groups in total. The van der Waals surface area contributed by atoms with Gasteiger partial charge in [-0.3, -0.25) is 4.99 Å². The first kappa shape index (κ1) is 21.0. The fourth-order valence-corrected chi connectivity index (χ4v) is 3.70. The predicted molar refractivity (Wildman–Crippen MR) is 121 cm³/mol. The van der Waals surface area contributed by atoms with Crippen LogP contribution in [0.3, 0.4) is 0 Å². The number of rotatable bonds is 6. The highest BCUT2D eigenvalue weighted by Gasteiger charge is 2.20. The molecule has 1 aliphatic heterocycles. The van der Waals surface area contributed by atoms with E-state index in [4.69, 9.17) is 4.74 Å². The molecule has 156 valence electrons. The van der Waals surface area contributed by atoms with Gasteiger partial charge in [-0.05, 0) is 37.4 Å². The van der Waals surface area contributed by atoms with Gasteiger partial charge in [0.15, 0.2) is 5.96 Å². The Bertz CT molecular complexity index is 812. The molecule has 3 rings (SSSR count). The highest BCUT2D eigenvalue weighted by Crippen LogP contribution is 2.22. The number of anilines is 1. The van der Waals surface area contributed by atoms with Gasteiger partial charge in [0.1, 0.15) is 5.75 Å². The minimum absolute atomic E-state index is 0.782. The molecule has 6 heteroatoms. The van der Waals surface area contributed by atoms with Crippen LogP contribution in [0.25, 0.3) is 0 Å². The molecule has 1 heterocycles. The van der Waals surface area contributed by atoms with Crippen molar-refractivity contribution in [3.05, 3.63) is 59.7 Å². The van der Waals surface area contributed by atoms with Crippen LogP contribution in [0.4, 0.5) is 5.69 Å². The third-order valence-electron chi connectivity index (χ3n) is 5.15. The molecule has 0 aromatic heterocycles. The van der Waals surface area contributed by atoms with Crippen LogP contribution in [0, 0.1) is 0 Å². The lowest BCUT2D eigenvalue weighted by atomic mass is 10.1. The third-order valence-corrected chi connectivity index (χ3v) is 5.15. The fraction of sp³-hybridized carbons (Fsp3) is 0.435. The number of aliphatic imine (C=N–C) groups is 1. The Morgan fingerprint density at radius 3 is 2.45 bits per heavy atom. The molecule has 2 aromatic rings. The lowest BCUT2D eigenvalue weighted by Gasteiger charge is -2.37. The number of hydrogen-bond donors (Lipinski definition) is 1. The number of benzene rings is 2. The number of hydrogen-bond acceptors (Lipinski definition) is 4. The standard InChI is InChI=1S/C23H33N5O/c1-24-23(25-17-19-7-5-8-20(15-19)18-26(2)3)28-13-11-27(12-14-28)21-9-6-10-22(16-21)29-4/h5-10,15-16H,11-14,17-18H2,1-4H3,(H,24,25). The number of nitrogens with zero attached hydrogens (tertiary/aromatic N) is 4. The summed E-state index contributed by atoms with van der Waals surface area (Å²) < 4.78 is 5.36. The minimum Gasteiger partial charge on any atom is -0.497 e. The second kappa shape index (κ2) is 10.2. The Labute approximate surface area is 174 Å². The van der Waals surface area contributed by atoms with Crippen molar-refractivity contribution in [2.24, 2.45) is 4.99 Å². The Balaban J connectivity index is 1.54. The summed E-state index contributed by atoms with van der Waals surface area (Å²) in [7, 11) is 7.76. The van der Waals surface area contributed by atoms with Crippen molar-refractivity contribution in [3.8, 4) is 5.75 Å². The van der Waals surface area contributed by atoms with E-state index in [-0.39, 0.29) is 0 Å². The van der Waals surface area contributed by atoms with E-state index in [1.165, 1.54) is 16.8 Å². The topological polar surface area (TPSA) is 43.3 Å². The maximum atomic E-state index is 5.36. The zero-order chi connectivity index (χ0) is 20.6. The van der Waals surface area contributed by atoms with Crippen LogP contribution in [0.1, 0.15) is 11.1 Å². The largest absolute Gasteiger partial charge is 0.497 e. The summed E-state index contributed by atoms with van der Waals surface area (Å²) in [4.78, 5) is 11.4. The van der Waals surface area contributed by atoms with Crippen LogP contribution >= 0.6 is 0 Å². The average Bonchev–Trinajstić information content (AvgIpc) is 2.74. The van der Waals surface area contributed by atoms with Gasteiger partial charge in [-0.25, -0.2) is 0 Å². The van der Waals surface area contributed by atoms with Gasteiger partial charge in [0.2, 0.25) is 0 Å². The van der Waals surface area contributed by atoms with E-state index < -0.39 is 0 Å². The minimum atomic E-state index is 0.782. The Kier molecular flexibility index (Phi) is 7.36. The van der Waals surface area contributed by atoms with E-state index >= 15 is 0 Å². The molecule has 1 aliphatic rings. The molecule has 0 saturated carbocycles. The molecule has 1 fully saturated rings. The van der Waals surface area contributed by atoms with E-state index in [1.807, 2.05) is 19.2 Å². The van der Waals surface area contributed by atoms with Crippen LogP contribution < -0.4 is 15.0 Å². The lowest BCUT2D eigenvalue weighted by Crippen LogP contribution is -2.52. The Morgan fingerprint density at radius 2 is 1.76 bits per heavy atom. The molecule has 0 aliphatic carbocycles. The highest BCUT2D eigenvalue weighted by molar-refractivity contribution is 5.80. The number of nitrogens with one attached hydrogen (secondary N) is 1. The van der Waals surface area contributed by atoms with Crippen LogP contribution in [-0.2, 0) is 13.1 Å². The van der Waals surface area contributed by atoms with Crippen molar-refractivity contribution >= 4 is 11.6 Å². The van der Waals surface area contributed by atoms with Gasteiger partial charge in [0, 0.05) is 58.1 Å². The molecular formula is C23H33N5O. The monoisotopic (exact) mass is 395 g/mol. The lowest BCUT2D eigenvalue weighted by molar-refractivity contribution is 0.372. The van der Waals surface area contributed by atoms with Gasteiger partial charge in [0.25, 0.3) is 0 Å². The van der Waals surface area contributed by atoms with E-state index in [1.54, 1.807) is 7.11 Å². The van der Waals surface area contributed by atoms with Crippen LogP contribution in [0.5, 0.6) is 5.75 Å². The van der Waals surface area contributed by atoms with Crippen molar-refractivity contribution in [1.29, 1.82) is 0 Å². The van der Waals surface area contributed by atoms with Gasteiger partial charge in [-0.1, -0.05) is 30.3 Å². The summed E-state index contributed by atoms with van der Waals surface area (Å²) in [6.45, 7) is 5.55. The zero-order valence-electron chi connectivity index (χ0n) is 18.1. The predicted octanol–water partition coefficient (Wildman–Crippen LogP) is 2.65. The van der Waals surface area contributed by atoms with Gasteiger partial charge in [-0.2, -0.15) is 0 Å². The summed E-state index contributed by atoms with van der Waals surface area (Å²) in [5.74, 6) is 1.87. The normalized spacial score (nSPS) is 15.0. The first-order valence-corrected chi connectivity index (χ1v) is 10.2. The molecular weight excluding hydrogens is 362 g/mol. The third kappa shape index (κ3) is 5.87. The molecule has 0 bridgehead atoms. The van der Waals surface area contributed by atoms with E-state index in [2.05, 4.69) is 75.5 Å². The molecule has 29 heavy (non-hydrogen) atoms. The first-order valence-electron chi connectivity index (χ1n) is 10.2. The maximum Gasteiger partial charge on any atom is 0.194 e. The van der Waals surface area contributed by atoms with E-state index in [0.29, 0.717) is 0 Å². The van der Waals surface area contributed by atoms with E-state index in [0.717, 1.165) is 51.0 Å². The zero-order valence-corrected chi connectivity index (χ0v) is 18.1. The number of ether oxygens (including phenoxy) is 1. The summed E-state index contributed by atoms with van der Waals surface area (Å²) >= 11 is 0. The molecule has 6 nitrogen and oxygen atoms in total. The second-order valence-electron chi connectivity index (χ2n) is 7.63. The smallest absolute Gasteiger partial charge is 0.194 e. The molecule has 0 unspecified atom stereocenters. The van der Waals surface area contributed by atoms with Gasteiger partial charge in [-0.15, -0.1) is 0 Å². The molecule has 1 saturated heterocycles. The summed E-state index contributed by atoms with van der Waals surface area (Å²) in [5.41, 5.74) is 3.82. The highest BCUT2D eigenvalue weighted by atomic mass is 16.5. The Hall–Kier alpha value is -2.73. The average molecular weight is 396 g/mol. The van der Waals surface area contributed by atoms with E-state index in [9.17, 15) is 0 Å². The van der Waals surface area contributed by atoms with Crippen molar-refractivity contribution in [1.82, 2.24) is 15.1 Å². The molecule has 0 radical (unpaired) electrons. The van der Waals surface area contributed by atoms with Crippen molar-refractivity contribution < 1.29 is 4.74 Å². The molecule has 0 amide bonds. The van der Waals surface area contributed by atoms with Crippen LogP contribution in [0.15, 0.2) is 53.5 Å². The quantitative estimate of drug-likeness (QED) is 0.602. The summed E-state index contributed by atoms with van der Waals surface area (Å²) in [6.07, 6.45) is 0. The number of guanidine groups is 1. The number of piperazine rings is 1. The summed E-state index contributed by atoms with van der Waals surface area (Å²) in [6, 6.07) is 17.0. The SMILES string of the molecule is CN=C(NCc1cccc(CN(C)C)c1)N1CCN(c2cccc(OC)c2)CC1. The molecule has 2 aromatic carbocycles. The second-order valence-corrected chi connectivity index (χ2v) is 7.63. The van der Waals surface area contributed by atoms with Gasteiger partial charge >= 0.3 is 0 Å². The van der Waals surface area contributed by atoms with Gasteiger partial charge in [0.05, 0.1) is 7.11 Å². The maximum absolute atomic E-state index is 5.36. The van der Waals surface area contributed by atoms with Crippen molar-refractivity contribution in [2.45, 2.75) is 13.1 Å². The fourth-order valence-electron chi connectivity index (χ4n) is 3.70. The Morgan fingerprint density at radius 1 is 1.03 bits per heavy atom. The van der Waals surface area contributed by atoms with Crippen LogP contribution in [0.2, 0.25) is 0 Å².